The molecule has 0 bridgehead atoms. The maximum atomic E-state index is 10.6. The molecule has 0 N–H and O–H groups in total. The van der Waals surface area contributed by atoms with Crippen molar-refractivity contribution >= 4 is 22.2 Å². The number of carbonyl (C=O) groups excluding carboxylic acids is 1. The maximum absolute atomic E-state index is 10.6. The van der Waals surface area contributed by atoms with Crippen LogP contribution in [0.1, 0.15) is 17.3 Å². The molecule has 0 atom stereocenters. The summed E-state index contributed by atoms with van der Waals surface area (Å²) >= 11 is 3.32. The van der Waals surface area contributed by atoms with Gasteiger partial charge in [-0.1, -0.05) is 0 Å². The summed E-state index contributed by atoms with van der Waals surface area (Å²) in [4.78, 5) is 10.6. The van der Waals surface area contributed by atoms with E-state index in [0.717, 1.165) is 10.8 Å². The van der Waals surface area contributed by atoms with Gasteiger partial charge >= 0.3 is 0 Å². The number of benzene rings is 1. The molecule has 0 aliphatic carbocycles. The molecule has 0 amide bonds. The van der Waals surface area contributed by atoms with E-state index in [1.807, 2.05) is 6.92 Å². The van der Waals surface area contributed by atoms with Gasteiger partial charge in [-0.15, -0.1) is 0 Å². The van der Waals surface area contributed by atoms with E-state index in [9.17, 15) is 4.79 Å². The fourth-order valence-corrected chi connectivity index (χ4v) is 1.67. The van der Waals surface area contributed by atoms with Crippen molar-refractivity contribution in [3.05, 3.63) is 22.2 Å². The number of carbonyl (C=O) groups is 1. The average Bonchev–Trinajstić information content (AvgIpc) is 2.20. The average molecular weight is 259 g/mol. The van der Waals surface area contributed by atoms with E-state index in [1.54, 1.807) is 19.2 Å². The predicted octanol–water partition coefficient (Wildman–Crippen LogP) is 2.67. The second kappa shape index (κ2) is 5.00. The molecule has 14 heavy (non-hydrogen) atoms. The number of hydrogen-bond donors (Lipinski definition) is 0. The summed E-state index contributed by atoms with van der Waals surface area (Å²) in [6, 6.07) is 3.34. The summed E-state index contributed by atoms with van der Waals surface area (Å²) in [5.41, 5.74) is 0.553. The van der Waals surface area contributed by atoms with Gasteiger partial charge in [-0.2, -0.15) is 0 Å². The molecule has 1 aromatic rings. The summed E-state index contributed by atoms with van der Waals surface area (Å²) in [6.07, 6.45) is 0.767. The first-order chi connectivity index (χ1) is 6.72. The van der Waals surface area contributed by atoms with Gasteiger partial charge in [0.25, 0.3) is 0 Å². The van der Waals surface area contributed by atoms with Crippen LogP contribution in [0.5, 0.6) is 11.5 Å². The van der Waals surface area contributed by atoms with Crippen molar-refractivity contribution in [1.29, 1.82) is 0 Å². The second-order valence-corrected chi connectivity index (χ2v) is 3.44. The fourth-order valence-electron chi connectivity index (χ4n) is 1.09. The Balaban J connectivity index is 3.19. The van der Waals surface area contributed by atoms with E-state index in [1.165, 1.54) is 0 Å². The highest BCUT2D eigenvalue weighted by atomic mass is 79.9. The van der Waals surface area contributed by atoms with Crippen molar-refractivity contribution in [3.63, 3.8) is 0 Å². The minimum Gasteiger partial charge on any atom is -0.493 e. The molecule has 3 nitrogen and oxygen atoms in total. The van der Waals surface area contributed by atoms with E-state index in [2.05, 4.69) is 15.9 Å². The van der Waals surface area contributed by atoms with Crippen LogP contribution in [0.3, 0.4) is 0 Å². The SMILES string of the molecule is CCOc1c(Br)cc(C=O)cc1OC. The van der Waals surface area contributed by atoms with Crippen LogP contribution < -0.4 is 9.47 Å². The number of rotatable bonds is 4. The van der Waals surface area contributed by atoms with E-state index >= 15 is 0 Å². The minimum absolute atomic E-state index is 0.551. The fraction of sp³-hybridized carbons (Fsp3) is 0.300. The van der Waals surface area contributed by atoms with Gasteiger partial charge in [0.15, 0.2) is 11.5 Å². The normalized spacial score (nSPS) is 9.64. The lowest BCUT2D eigenvalue weighted by atomic mass is 10.2. The smallest absolute Gasteiger partial charge is 0.175 e. The molecular weight excluding hydrogens is 248 g/mol. The zero-order valence-electron chi connectivity index (χ0n) is 8.04. The molecule has 0 aliphatic rings. The molecule has 1 aromatic carbocycles. The van der Waals surface area contributed by atoms with E-state index < -0.39 is 0 Å². The summed E-state index contributed by atoms with van der Waals surface area (Å²) in [5, 5.41) is 0. The van der Waals surface area contributed by atoms with Crippen molar-refractivity contribution in [1.82, 2.24) is 0 Å². The Morgan fingerprint density at radius 1 is 1.50 bits per heavy atom. The van der Waals surface area contributed by atoms with Crippen LogP contribution in [0.15, 0.2) is 16.6 Å². The molecule has 4 heteroatoms. The third kappa shape index (κ3) is 2.26. The van der Waals surface area contributed by atoms with Crippen LogP contribution in [0.2, 0.25) is 0 Å². The number of ether oxygens (including phenoxy) is 2. The molecule has 0 aromatic heterocycles. The highest BCUT2D eigenvalue weighted by Gasteiger charge is 2.10. The van der Waals surface area contributed by atoms with Gasteiger partial charge in [0.1, 0.15) is 6.29 Å². The third-order valence-corrected chi connectivity index (χ3v) is 2.27. The van der Waals surface area contributed by atoms with Crippen LogP contribution in [0.25, 0.3) is 0 Å². The minimum atomic E-state index is 0.551. The Hall–Kier alpha value is -1.03. The summed E-state index contributed by atoms with van der Waals surface area (Å²) in [5.74, 6) is 1.18. The van der Waals surface area contributed by atoms with Crippen molar-refractivity contribution < 1.29 is 14.3 Å². The first-order valence-electron chi connectivity index (χ1n) is 4.18. The first-order valence-corrected chi connectivity index (χ1v) is 4.97. The largest absolute Gasteiger partial charge is 0.493 e. The summed E-state index contributed by atoms with van der Waals surface area (Å²) in [6.45, 7) is 2.44. The first kappa shape index (κ1) is 11.0. The number of methoxy groups -OCH3 is 1. The Labute approximate surface area is 91.1 Å². The third-order valence-electron chi connectivity index (χ3n) is 1.68. The zero-order valence-corrected chi connectivity index (χ0v) is 9.63. The molecule has 0 saturated carbocycles. The lowest BCUT2D eigenvalue weighted by Crippen LogP contribution is -1.97. The van der Waals surface area contributed by atoms with Gasteiger partial charge in [0.2, 0.25) is 0 Å². The summed E-state index contributed by atoms with van der Waals surface area (Å²) < 4.78 is 11.2. The number of halogens is 1. The van der Waals surface area contributed by atoms with Gasteiger partial charge < -0.3 is 9.47 Å². The molecule has 0 unspecified atom stereocenters. The molecular formula is C10H11BrO3. The Morgan fingerprint density at radius 3 is 2.71 bits per heavy atom. The number of hydrogen-bond acceptors (Lipinski definition) is 3. The Kier molecular flexibility index (Phi) is 3.95. The molecule has 0 fully saturated rings. The van der Waals surface area contributed by atoms with Crippen LogP contribution in [0, 0.1) is 0 Å². The topological polar surface area (TPSA) is 35.5 Å². The molecule has 1 rings (SSSR count). The quantitative estimate of drug-likeness (QED) is 0.780. The predicted molar refractivity (Wildman–Crippen MR) is 57.3 cm³/mol. The Morgan fingerprint density at radius 2 is 2.21 bits per heavy atom. The zero-order chi connectivity index (χ0) is 10.6. The van der Waals surface area contributed by atoms with Crippen molar-refractivity contribution in [2.45, 2.75) is 6.92 Å². The van der Waals surface area contributed by atoms with E-state index in [-0.39, 0.29) is 0 Å². The van der Waals surface area contributed by atoms with Gasteiger partial charge in [-0.25, -0.2) is 0 Å². The monoisotopic (exact) mass is 258 g/mol. The van der Waals surface area contributed by atoms with Crippen LogP contribution in [0.4, 0.5) is 0 Å². The van der Waals surface area contributed by atoms with Gasteiger partial charge in [0.05, 0.1) is 18.2 Å². The van der Waals surface area contributed by atoms with Crippen molar-refractivity contribution in [3.8, 4) is 11.5 Å². The Bertz CT molecular complexity index is 336. The van der Waals surface area contributed by atoms with E-state index in [0.29, 0.717) is 23.7 Å². The highest BCUT2D eigenvalue weighted by Crippen LogP contribution is 2.36. The maximum Gasteiger partial charge on any atom is 0.175 e. The van der Waals surface area contributed by atoms with Crippen molar-refractivity contribution in [2.75, 3.05) is 13.7 Å². The van der Waals surface area contributed by atoms with Crippen LogP contribution in [-0.4, -0.2) is 20.0 Å². The number of aldehydes is 1. The lowest BCUT2D eigenvalue weighted by Gasteiger charge is -2.11. The standard InChI is InChI=1S/C10H11BrO3/c1-3-14-10-8(11)4-7(6-12)5-9(10)13-2/h4-6H,3H2,1-2H3. The molecule has 0 aliphatic heterocycles. The molecule has 0 saturated heterocycles. The summed E-state index contributed by atoms with van der Waals surface area (Å²) in [7, 11) is 1.54. The van der Waals surface area contributed by atoms with Gasteiger partial charge in [-0.05, 0) is 35.0 Å². The molecule has 0 spiro atoms. The molecule has 0 radical (unpaired) electrons. The molecule has 0 heterocycles. The lowest BCUT2D eigenvalue weighted by molar-refractivity contribution is 0.112. The molecule has 76 valence electrons. The van der Waals surface area contributed by atoms with Gasteiger partial charge in [0, 0.05) is 5.56 Å². The highest BCUT2D eigenvalue weighted by molar-refractivity contribution is 9.10. The van der Waals surface area contributed by atoms with E-state index in [4.69, 9.17) is 9.47 Å². The van der Waals surface area contributed by atoms with Crippen molar-refractivity contribution in [2.24, 2.45) is 0 Å². The van der Waals surface area contributed by atoms with Gasteiger partial charge in [-0.3, -0.25) is 4.79 Å². The van der Waals surface area contributed by atoms with Crippen LogP contribution >= 0.6 is 15.9 Å². The van der Waals surface area contributed by atoms with Crippen LogP contribution in [-0.2, 0) is 0 Å². The second-order valence-electron chi connectivity index (χ2n) is 2.58.